The average Bonchev–Trinajstić information content (AvgIpc) is 2.79. The van der Waals surface area contributed by atoms with Crippen LogP contribution >= 0.6 is 0 Å². The van der Waals surface area contributed by atoms with Crippen LogP contribution in [0.15, 0.2) is 30.6 Å². The number of rotatable bonds is 2. The van der Waals surface area contributed by atoms with Crippen molar-refractivity contribution in [1.82, 2.24) is 4.57 Å². The van der Waals surface area contributed by atoms with Crippen molar-refractivity contribution in [1.29, 1.82) is 5.26 Å². The second-order valence-electron chi connectivity index (χ2n) is 5.41. The highest BCUT2D eigenvalue weighted by molar-refractivity contribution is 5.97. The van der Waals surface area contributed by atoms with Crippen LogP contribution in [-0.4, -0.2) is 10.4 Å². The second-order valence-corrected chi connectivity index (χ2v) is 5.41. The van der Waals surface area contributed by atoms with E-state index in [9.17, 15) is 9.18 Å². The molecule has 0 radical (unpaired) electrons. The zero-order valence-corrected chi connectivity index (χ0v) is 11.6. The summed E-state index contributed by atoms with van der Waals surface area (Å²) in [4.78, 5) is 12.0. The Kier molecular flexibility index (Phi) is 3.57. The third-order valence-electron chi connectivity index (χ3n) is 3.90. The Hall–Kier alpha value is -2.41. The van der Waals surface area contributed by atoms with Gasteiger partial charge in [-0.1, -0.05) is 0 Å². The van der Waals surface area contributed by atoms with Gasteiger partial charge in [-0.25, -0.2) is 4.39 Å². The Morgan fingerprint density at radius 1 is 1.24 bits per heavy atom. The number of nitriles is 1. The van der Waals surface area contributed by atoms with Crippen LogP contribution < -0.4 is 0 Å². The normalized spacial score (nSPS) is 14.4. The molecule has 1 aliphatic rings. The largest absolute Gasteiger partial charge is 0.349 e. The number of fused-ring (bicyclic) bond motifs is 1. The highest BCUT2D eigenvalue weighted by atomic mass is 19.1. The van der Waals surface area contributed by atoms with E-state index >= 15 is 0 Å². The van der Waals surface area contributed by atoms with Crippen LogP contribution in [0.4, 0.5) is 4.39 Å². The number of carbonyl (C=O) groups is 1. The number of carbonyl (C=O) groups excluding carboxylic acids is 1. The number of hydrogen-bond acceptors (Lipinski definition) is 2. The summed E-state index contributed by atoms with van der Waals surface area (Å²) in [6, 6.07) is 6.24. The number of aryl methyl sites for hydroxylation is 1. The van der Waals surface area contributed by atoms with E-state index in [-0.39, 0.29) is 11.6 Å². The lowest BCUT2D eigenvalue weighted by molar-refractivity contribution is 0.0982. The van der Waals surface area contributed by atoms with Crippen molar-refractivity contribution in [3.05, 3.63) is 58.7 Å². The fraction of sp³-hybridized carbons (Fsp3) is 0.294. The smallest absolute Gasteiger partial charge is 0.164 e. The highest BCUT2D eigenvalue weighted by Crippen LogP contribution is 2.22. The van der Waals surface area contributed by atoms with Crippen molar-refractivity contribution in [2.75, 3.05) is 0 Å². The molecule has 1 aromatic carbocycles. The first-order valence-electron chi connectivity index (χ1n) is 7.08. The summed E-state index contributed by atoms with van der Waals surface area (Å²) in [6.45, 7) is 0.404. The number of benzene rings is 1. The van der Waals surface area contributed by atoms with Gasteiger partial charge in [-0.15, -0.1) is 0 Å². The molecule has 1 heterocycles. The lowest BCUT2D eigenvalue weighted by Gasteiger charge is -2.06. The monoisotopic (exact) mass is 282 g/mol. The van der Waals surface area contributed by atoms with Gasteiger partial charge >= 0.3 is 0 Å². The van der Waals surface area contributed by atoms with E-state index in [1.165, 1.54) is 18.2 Å². The van der Waals surface area contributed by atoms with E-state index in [1.54, 1.807) is 0 Å². The second kappa shape index (κ2) is 5.53. The first-order valence-corrected chi connectivity index (χ1v) is 7.08. The molecule has 106 valence electrons. The Bertz CT molecular complexity index is 740. The van der Waals surface area contributed by atoms with Crippen molar-refractivity contribution in [2.24, 2.45) is 0 Å². The minimum atomic E-state index is -0.353. The Morgan fingerprint density at radius 2 is 2.05 bits per heavy atom. The zero-order chi connectivity index (χ0) is 14.8. The number of halogens is 1. The van der Waals surface area contributed by atoms with E-state index in [1.807, 2.05) is 17.0 Å². The van der Waals surface area contributed by atoms with E-state index in [0.717, 1.165) is 30.4 Å². The molecule has 0 spiro atoms. The molecule has 0 N–H and O–H groups in total. The molecule has 3 rings (SSSR count). The topological polar surface area (TPSA) is 45.8 Å². The maximum Gasteiger partial charge on any atom is 0.164 e. The summed E-state index contributed by atoms with van der Waals surface area (Å²) >= 11 is 0. The molecule has 0 unspecified atom stereocenters. The molecule has 0 aliphatic heterocycles. The molecular formula is C17H15FN2O. The Morgan fingerprint density at radius 3 is 2.86 bits per heavy atom. The fourth-order valence-electron chi connectivity index (χ4n) is 2.83. The minimum absolute atomic E-state index is 0.181. The van der Waals surface area contributed by atoms with Crippen molar-refractivity contribution in [3.63, 3.8) is 0 Å². The number of hydrogen-bond donors (Lipinski definition) is 0. The summed E-state index contributed by atoms with van der Waals surface area (Å²) in [5.41, 5.74) is 2.94. The molecule has 2 aromatic rings. The van der Waals surface area contributed by atoms with Crippen LogP contribution in [0.5, 0.6) is 0 Å². The number of Topliss-reactive ketones (excluding diaryl/α,β-unsaturated/α-hetero) is 1. The van der Waals surface area contributed by atoms with Gasteiger partial charge in [-0.2, -0.15) is 5.26 Å². The first-order chi connectivity index (χ1) is 10.2. The van der Waals surface area contributed by atoms with Gasteiger partial charge in [-0.05, 0) is 48.6 Å². The van der Waals surface area contributed by atoms with Crippen LogP contribution in [0.3, 0.4) is 0 Å². The van der Waals surface area contributed by atoms with Crippen molar-refractivity contribution in [2.45, 2.75) is 32.2 Å². The SMILES string of the molecule is N#Cc1ccc(F)cc1Cn1cc2c(c1)C(=O)CCCC2. The van der Waals surface area contributed by atoms with Crippen LogP contribution in [0.2, 0.25) is 0 Å². The van der Waals surface area contributed by atoms with Crippen LogP contribution in [0.1, 0.15) is 46.3 Å². The van der Waals surface area contributed by atoms with Crippen molar-refractivity contribution >= 4 is 5.78 Å². The maximum atomic E-state index is 13.4. The van der Waals surface area contributed by atoms with Crippen LogP contribution in [0, 0.1) is 17.1 Å². The van der Waals surface area contributed by atoms with Crippen molar-refractivity contribution in [3.8, 4) is 6.07 Å². The summed E-state index contributed by atoms with van der Waals surface area (Å²) in [7, 11) is 0. The average molecular weight is 282 g/mol. The molecule has 0 amide bonds. The minimum Gasteiger partial charge on any atom is -0.349 e. The van der Waals surface area contributed by atoms with Crippen molar-refractivity contribution < 1.29 is 9.18 Å². The molecule has 3 nitrogen and oxygen atoms in total. The number of aromatic nitrogens is 1. The zero-order valence-electron chi connectivity index (χ0n) is 11.6. The molecule has 1 aliphatic carbocycles. The summed E-state index contributed by atoms with van der Waals surface area (Å²) in [5, 5.41) is 9.09. The first kappa shape index (κ1) is 13.6. The van der Waals surface area contributed by atoms with Gasteiger partial charge in [0, 0.05) is 30.9 Å². The van der Waals surface area contributed by atoms with Crippen LogP contribution in [0.25, 0.3) is 0 Å². The lowest BCUT2D eigenvalue weighted by Crippen LogP contribution is -2.01. The molecule has 21 heavy (non-hydrogen) atoms. The Labute approximate surface area is 122 Å². The quantitative estimate of drug-likeness (QED) is 0.792. The molecule has 0 saturated carbocycles. The van der Waals surface area contributed by atoms with E-state index in [2.05, 4.69) is 6.07 Å². The highest BCUT2D eigenvalue weighted by Gasteiger charge is 2.18. The number of nitrogens with zero attached hydrogens (tertiary/aromatic N) is 2. The van der Waals surface area contributed by atoms with Gasteiger partial charge in [0.1, 0.15) is 5.82 Å². The van der Waals surface area contributed by atoms with E-state index in [4.69, 9.17) is 5.26 Å². The van der Waals surface area contributed by atoms with E-state index < -0.39 is 0 Å². The molecule has 1 aromatic heterocycles. The molecule has 0 saturated heterocycles. The molecular weight excluding hydrogens is 267 g/mol. The van der Waals surface area contributed by atoms with E-state index in [0.29, 0.717) is 24.1 Å². The summed E-state index contributed by atoms with van der Waals surface area (Å²) < 4.78 is 15.2. The van der Waals surface area contributed by atoms with Crippen LogP contribution in [-0.2, 0) is 13.0 Å². The molecule has 0 bridgehead atoms. The predicted octanol–water partition coefficient (Wildman–Crippen LogP) is 3.46. The number of ketones is 1. The summed E-state index contributed by atoms with van der Waals surface area (Å²) in [6.07, 6.45) is 7.24. The summed E-state index contributed by atoms with van der Waals surface area (Å²) in [5.74, 6) is -0.171. The van der Waals surface area contributed by atoms with Gasteiger partial charge in [-0.3, -0.25) is 4.79 Å². The fourth-order valence-corrected chi connectivity index (χ4v) is 2.83. The molecule has 0 atom stereocenters. The van der Waals surface area contributed by atoms with Gasteiger partial charge in [0.15, 0.2) is 5.78 Å². The van der Waals surface area contributed by atoms with Gasteiger partial charge in [0.2, 0.25) is 0 Å². The van der Waals surface area contributed by atoms with Gasteiger partial charge in [0.25, 0.3) is 0 Å². The molecule has 4 heteroatoms. The predicted molar refractivity (Wildman–Crippen MR) is 76.5 cm³/mol. The van der Waals surface area contributed by atoms with Gasteiger partial charge in [0.05, 0.1) is 11.6 Å². The standard InChI is InChI=1S/C17H15FN2O/c18-15-6-5-12(8-19)14(7-15)10-20-9-13-3-1-2-4-17(21)16(13)11-20/h5-7,9,11H,1-4,10H2. The Balaban J connectivity index is 1.93. The third-order valence-corrected chi connectivity index (χ3v) is 3.90. The van der Waals surface area contributed by atoms with Gasteiger partial charge < -0.3 is 4.57 Å². The maximum absolute atomic E-state index is 13.4. The molecule has 0 fully saturated rings. The lowest BCUT2D eigenvalue weighted by atomic mass is 10.1. The third kappa shape index (κ3) is 2.73.